The minimum atomic E-state index is -0.162. The molecule has 0 amide bonds. The lowest BCUT2D eigenvalue weighted by Gasteiger charge is -2.14. The Morgan fingerprint density at radius 3 is 3.04 bits per heavy atom. The SMILES string of the molecule is Cc1ccnc(Nc2cc3cc[nH]c(=O)c3c(NC[C@H]3CCCO3)n2)c1. The molecule has 0 aliphatic carbocycles. The standard InChI is InChI=1S/C19H21N5O2/c1-12-4-6-20-15(9-12)23-16-10-13-5-7-21-19(25)17(13)18(24-16)22-11-14-3-2-8-26-14/h4-7,9-10,14H,2-3,8,11H2,1H3,(H,21,25)(H2,20,22,23,24)/t14-/m1/s1. The number of H-pyrrole nitrogens is 1. The van der Waals surface area contributed by atoms with Gasteiger partial charge in [0.2, 0.25) is 0 Å². The van der Waals surface area contributed by atoms with Gasteiger partial charge < -0.3 is 20.4 Å². The van der Waals surface area contributed by atoms with Crippen LogP contribution in [-0.4, -0.2) is 34.2 Å². The van der Waals surface area contributed by atoms with E-state index >= 15 is 0 Å². The fraction of sp³-hybridized carbons (Fsp3) is 0.316. The Balaban J connectivity index is 1.68. The van der Waals surface area contributed by atoms with Gasteiger partial charge in [0.1, 0.15) is 17.5 Å². The van der Waals surface area contributed by atoms with Gasteiger partial charge in [0.15, 0.2) is 0 Å². The van der Waals surface area contributed by atoms with Crippen LogP contribution in [0.5, 0.6) is 0 Å². The van der Waals surface area contributed by atoms with Gasteiger partial charge in [-0.15, -0.1) is 0 Å². The van der Waals surface area contributed by atoms with Crippen LogP contribution in [0.25, 0.3) is 10.8 Å². The maximum atomic E-state index is 12.3. The van der Waals surface area contributed by atoms with Crippen LogP contribution in [-0.2, 0) is 4.74 Å². The van der Waals surface area contributed by atoms with Crippen molar-refractivity contribution >= 4 is 28.2 Å². The van der Waals surface area contributed by atoms with E-state index in [0.717, 1.165) is 30.4 Å². The number of nitrogens with zero attached hydrogens (tertiary/aromatic N) is 2. The topological polar surface area (TPSA) is 91.9 Å². The van der Waals surface area contributed by atoms with Crippen molar-refractivity contribution in [1.29, 1.82) is 0 Å². The van der Waals surface area contributed by atoms with Crippen LogP contribution in [0.4, 0.5) is 17.5 Å². The average molecular weight is 351 g/mol. The summed E-state index contributed by atoms with van der Waals surface area (Å²) in [4.78, 5) is 24.0. The zero-order valence-corrected chi connectivity index (χ0v) is 14.6. The van der Waals surface area contributed by atoms with Gasteiger partial charge >= 0.3 is 0 Å². The second kappa shape index (κ2) is 7.13. The Morgan fingerprint density at radius 2 is 2.23 bits per heavy atom. The van der Waals surface area contributed by atoms with E-state index in [2.05, 4.69) is 25.6 Å². The molecule has 0 aromatic carbocycles. The highest BCUT2D eigenvalue weighted by Crippen LogP contribution is 2.24. The summed E-state index contributed by atoms with van der Waals surface area (Å²) in [7, 11) is 0. The molecule has 4 rings (SSSR count). The van der Waals surface area contributed by atoms with E-state index < -0.39 is 0 Å². The molecule has 0 saturated carbocycles. The van der Waals surface area contributed by atoms with Gasteiger partial charge in [-0.25, -0.2) is 9.97 Å². The molecule has 7 nitrogen and oxygen atoms in total. The highest BCUT2D eigenvalue weighted by Gasteiger charge is 2.17. The molecule has 0 bridgehead atoms. The molecule has 3 aromatic rings. The predicted molar refractivity (Wildman–Crippen MR) is 102 cm³/mol. The molecule has 7 heteroatoms. The van der Waals surface area contributed by atoms with Crippen molar-refractivity contribution in [3.63, 3.8) is 0 Å². The second-order valence-electron chi connectivity index (χ2n) is 6.49. The highest BCUT2D eigenvalue weighted by atomic mass is 16.5. The molecule has 3 N–H and O–H groups in total. The number of aromatic nitrogens is 3. The van der Waals surface area contributed by atoms with Gasteiger partial charge in [-0.05, 0) is 55.0 Å². The van der Waals surface area contributed by atoms with E-state index in [1.54, 1.807) is 12.4 Å². The van der Waals surface area contributed by atoms with Crippen LogP contribution in [0.15, 0.2) is 41.5 Å². The number of aryl methyl sites for hydroxylation is 1. The number of aromatic amines is 1. The van der Waals surface area contributed by atoms with Gasteiger partial charge in [0, 0.05) is 25.5 Å². The number of hydrogen-bond acceptors (Lipinski definition) is 6. The van der Waals surface area contributed by atoms with Crippen LogP contribution in [0, 0.1) is 6.92 Å². The first kappa shape index (κ1) is 16.5. The molecular weight excluding hydrogens is 330 g/mol. The van der Waals surface area contributed by atoms with Gasteiger partial charge in [-0.3, -0.25) is 4.79 Å². The molecule has 1 fully saturated rings. The fourth-order valence-corrected chi connectivity index (χ4v) is 3.16. The van der Waals surface area contributed by atoms with E-state index in [1.807, 2.05) is 31.2 Å². The van der Waals surface area contributed by atoms with Crippen molar-refractivity contribution in [2.75, 3.05) is 23.8 Å². The second-order valence-corrected chi connectivity index (χ2v) is 6.49. The Bertz CT molecular complexity index is 979. The van der Waals surface area contributed by atoms with Gasteiger partial charge in [0.05, 0.1) is 11.5 Å². The van der Waals surface area contributed by atoms with Crippen LogP contribution in [0.3, 0.4) is 0 Å². The third kappa shape index (κ3) is 3.52. The molecular formula is C19H21N5O2. The Morgan fingerprint density at radius 1 is 1.31 bits per heavy atom. The zero-order chi connectivity index (χ0) is 17.9. The minimum absolute atomic E-state index is 0.157. The van der Waals surface area contributed by atoms with Gasteiger partial charge in [-0.1, -0.05) is 0 Å². The summed E-state index contributed by atoms with van der Waals surface area (Å²) >= 11 is 0. The Hall–Kier alpha value is -2.93. The summed E-state index contributed by atoms with van der Waals surface area (Å²) in [6.07, 6.45) is 5.64. The van der Waals surface area contributed by atoms with E-state index in [1.165, 1.54) is 0 Å². The number of nitrogens with one attached hydrogen (secondary N) is 3. The molecule has 1 aliphatic heterocycles. The minimum Gasteiger partial charge on any atom is -0.376 e. The third-order valence-electron chi connectivity index (χ3n) is 4.45. The quantitative estimate of drug-likeness (QED) is 0.654. The molecule has 3 aromatic heterocycles. The van der Waals surface area contributed by atoms with E-state index in [0.29, 0.717) is 29.4 Å². The zero-order valence-electron chi connectivity index (χ0n) is 14.6. The number of rotatable bonds is 5. The summed E-state index contributed by atoms with van der Waals surface area (Å²) in [5, 5.41) is 7.87. The number of anilines is 3. The van der Waals surface area contributed by atoms with Crippen LogP contribution in [0.2, 0.25) is 0 Å². The average Bonchev–Trinajstić information content (AvgIpc) is 3.13. The molecule has 0 radical (unpaired) electrons. The molecule has 4 heterocycles. The number of fused-ring (bicyclic) bond motifs is 1. The number of pyridine rings is 3. The van der Waals surface area contributed by atoms with Crippen molar-refractivity contribution in [3.05, 3.63) is 52.6 Å². The first-order valence-electron chi connectivity index (χ1n) is 8.76. The number of hydrogen-bond donors (Lipinski definition) is 3. The smallest absolute Gasteiger partial charge is 0.259 e. The lowest BCUT2D eigenvalue weighted by atomic mass is 10.2. The van der Waals surface area contributed by atoms with Gasteiger partial charge in [-0.2, -0.15) is 0 Å². The van der Waals surface area contributed by atoms with Crippen molar-refractivity contribution in [2.24, 2.45) is 0 Å². The lowest BCUT2D eigenvalue weighted by Crippen LogP contribution is -2.20. The first-order chi connectivity index (χ1) is 12.7. The monoisotopic (exact) mass is 351 g/mol. The normalized spacial score (nSPS) is 16.7. The van der Waals surface area contributed by atoms with E-state index in [-0.39, 0.29) is 11.7 Å². The van der Waals surface area contributed by atoms with Gasteiger partial charge in [0.25, 0.3) is 5.56 Å². The molecule has 1 atom stereocenters. The molecule has 0 spiro atoms. The number of ether oxygens (including phenoxy) is 1. The Kier molecular flexibility index (Phi) is 4.53. The lowest BCUT2D eigenvalue weighted by molar-refractivity contribution is 0.120. The van der Waals surface area contributed by atoms with Crippen LogP contribution in [0.1, 0.15) is 18.4 Å². The molecule has 26 heavy (non-hydrogen) atoms. The summed E-state index contributed by atoms with van der Waals surface area (Å²) in [6, 6.07) is 7.60. The summed E-state index contributed by atoms with van der Waals surface area (Å²) in [5.41, 5.74) is 0.946. The predicted octanol–water partition coefficient (Wildman–Crippen LogP) is 2.96. The van der Waals surface area contributed by atoms with Crippen molar-refractivity contribution in [1.82, 2.24) is 15.0 Å². The summed E-state index contributed by atoms with van der Waals surface area (Å²) < 4.78 is 5.65. The van der Waals surface area contributed by atoms with Crippen molar-refractivity contribution in [2.45, 2.75) is 25.9 Å². The van der Waals surface area contributed by atoms with Crippen LogP contribution >= 0.6 is 0 Å². The molecule has 0 unspecified atom stereocenters. The molecule has 134 valence electrons. The molecule has 1 aliphatic rings. The maximum Gasteiger partial charge on any atom is 0.259 e. The maximum absolute atomic E-state index is 12.3. The molecule has 1 saturated heterocycles. The van der Waals surface area contributed by atoms with Crippen molar-refractivity contribution in [3.8, 4) is 0 Å². The van der Waals surface area contributed by atoms with E-state index in [9.17, 15) is 4.79 Å². The first-order valence-corrected chi connectivity index (χ1v) is 8.76. The largest absolute Gasteiger partial charge is 0.376 e. The fourth-order valence-electron chi connectivity index (χ4n) is 3.16. The summed E-state index contributed by atoms with van der Waals surface area (Å²) in [5.74, 6) is 1.90. The highest BCUT2D eigenvalue weighted by molar-refractivity contribution is 5.93. The van der Waals surface area contributed by atoms with E-state index in [4.69, 9.17) is 4.74 Å². The van der Waals surface area contributed by atoms with Crippen molar-refractivity contribution < 1.29 is 4.74 Å². The third-order valence-corrected chi connectivity index (χ3v) is 4.45. The summed E-state index contributed by atoms with van der Waals surface area (Å²) in [6.45, 7) is 3.43. The Labute approximate surface area is 150 Å². The van der Waals surface area contributed by atoms with Crippen LogP contribution < -0.4 is 16.2 Å².